The van der Waals surface area contributed by atoms with E-state index in [4.69, 9.17) is 5.73 Å². The van der Waals surface area contributed by atoms with Gasteiger partial charge in [-0.15, -0.1) is 0 Å². The summed E-state index contributed by atoms with van der Waals surface area (Å²) in [6, 6.07) is 31.2. The Balaban J connectivity index is 1.43. The van der Waals surface area contributed by atoms with Crippen molar-refractivity contribution in [1.29, 1.82) is 0 Å². The van der Waals surface area contributed by atoms with Gasteiger partial charge in [0.25, 0.3) is 5.82 Å². The number of carbonyl (C=O) groups is 1. The van der Waals surface area contributed by atoms with Crippen LogP contribution in [0.3, 0.4) is 0 Å². The molecule has 0 saturated heterocycles. The zero-order valence-corrected chi connectivity index (χ0v) is 20.4. The minimum atomic E-state index is -0.832. The largest absolute Gasteiger partial charge is 0.369 e. The molecule has 1 fully saturated rings. The highest BCUT2D eigenvalue weighted by atomic mass is 16.1. The second-order valence-corrected chi connectivity index (χ2v) is 9.75. The fraction of sp³-hybridized carbons (Fsp3) is 0.290. The molecule has 0 radical (unpaired) electrons. The Morgan fingerprint density at radius 3 is 2.06 bits per heavy atom. The quantitative estimate of drug-likeness (QED) is 0.361. The number of nitrogens with zero attached hydrogens (tertiary/aromatic N) is 2. The molecule has 4 nitrogen and oxygen atoms in total. The van der Waals surface area contributed by atoms with Crippen LogP contribution in [0.25, 0.3) is 0 Å². The molecule has 0 spiro atoms. The topological polar surface area (TPSA) is 51.9 Å². The van der Waals surface area contributed by atoms with Crippen molar-refractivity contribution < 1.29 is 9.36 Å². The lowest BCUT2D eigenvalue weighted by molar-refractivity contribution is -0.702. The highest BCUT2D eigenvalue weighted by Gasteiger charge is 2.51. The van der Waals surface area contributed by atoms with Gasteiger partial charge in [-0.1, -0.05) is 91.0 Å². The van der Waals surface area contributed by atoms with E-state index >= 15 is 0 Å². The molecular weight excluding hydrogens is 430 g/mol. The van der Waals surface area contributed by atoms with Crippen molar-refractivity contribution in [2.75, 3.05) is 0 Å². The molecule has 1 aromatic heterocycles. The fourth-order valence-corrected chi connectivity index (χ4v) is 6.16. The number of nitrogens with two attached hydrogens (primary N) is 1. The number of imidazole rings is 1. The summed E-state index contributed by atoms with van der Waals surface area (Å²) in [5, 5.41) is 0. The summed E-state index contributed by atoms with van der Waals surface area (Å²) < 4.78 is 4.75. The van der Waals surface area contributed by atoms with Crippen molar-refractivity contribution in [2.45, 2.75) is 50.6 Å². The molecule has 1 amide bonds. The van der Waals surface area contributed by atoms with Crippen LogP contribution in [0.4, 0.5) is 0 Å². The van der Waals surface area contributed by atoms with E-state index in [2.05, 4.69) is 83.0 Å². The van der Waals surface area contributed by atoms with Gasteiger partial charge in [-0.3, -0.25) is 4.79 Å². The molecule has 1 aliphatic rings. The van der Waals surface area contributed by atoms with Crippen LogP contribution in [-0.4, -0.2) is 10.5 Å². The van der Waals surface area contributed by atoms with Crippen LogP contribution in [0, 0.1) is 12.8 Å². The predicted octanol–water partition coefficient (Wildman–Crippen LogP) is 5.14. The minimum Gasteiger partial charge on any atom is -0.369 e. The second kappa shape index (κ2) is 9.91. The Morgan fingerprint density at radius 2 is 1.49 bits per heavy atom. The number of hydrogen-bond donors (Lipinski definition) is 1. The third-order valence-corrected chi connectivity index (χ3v) is 7.94. The summed E-state index contributed by atoms with van der Waals surface area (Å²) in [6.45, 7) is 3.16. The van der Waals surface area contributed by atoms with Gasteiger partial charge in [0.15, 0.2) is 0 Å². The first kappa shape index (κ1) is 23.1. The highest BCUT2D eigenvalue weighted by molar-refractivity contribution is 5.91. The van der Waals surface area contributed by atoms with Gasteiger partial charge >= 0.3 is 0 Å². The average molecular weight is 465 g/mol. The maximum absolute atomic E-state index is 13.4. The van der Waals surface area contributed by atoms with E-state index < -0.39 is 5.41 Å². The molecule has 0 bridgehead atoms. The Labute approximate surface area is 208 Å². The molecular formula is C31H34N3O+. The Bertz CT molecular complexity index is 1230. The van der Waals surface area contributed by atoms with E-state index in [1.54, 1.807) is 0 Å². The Hall–Kier alpha value is -3.66. The molecule has 4 heteroatoms. The third-order valence-electron chi connectivity index (χ3n) is 7.94. The first-order valence-electron chi connectivity index (χ1n) is 12.6. The first-order valence-corrected chi connectivity index (χ1v) is 12.6. The van der Waals surface area contributed by atoms with Crippen molar-refractivity contribution in [3.8, 4) is 0 Å². The number of amides is 1. The highest BCUT2D eigenvalue weighted by Crippen LogP contribution is 2.49. The Morgan fingerprint density at radius 1 is 0.914 bits per heavy atom. The lowest BCUT2D eigenvalue weighted by Gasteiger charge is -2.37. The SMILES string of the molecule is Cc1n([C@@H]2CC[C@H](C(C(N)=O)(c3ccccc3)c3ccccc3)C2)cc[n+]1CCc1ccccc1. The van der Waals surface area contributed by atoms with E-state index in [1.807, 2.05) is 36.4 Å². The molecule has 1 heterocycles. The van der Waals surface area contributed by atoms with E-state index in [1.165, 1.54) is 11.4 Å². The number of benzene rings is 3. The molecule has 0 unspecified atom stereocenters. The molecule has 4 aromatic rings. The van der Waals surface area contributed by atoms with E-state index in [-0.39, 0.29) is 11.8 Å². The van der Waals surface area contributed by atoms with Gasteiger partial charge in [-0.05, 0) is 41.9 Å². The van der Waals surface area contributed by atoms with Crippen LogP contribution in [-0.2, 0) is 23.2 Å². The van der Waals surface area contributed by atoms with Gasteiger partial charge in [-0.2, -0.15) is 0 Å². The summed E-state index contributed by atoms with van der Waals surface area (Å²) in [7, 11) is 0. The van der Waals surface area contributed by atoms with E-state index in [9.17, 15) is 4.79 Å². The number of aryl methyl sites for hydroxylation is 2. The van der Waals surface area contributed by atoms with Gasteiger partial charge in [0.05, 0.1) is 6.54 Å². The maximum Gasteiger partial charge on any atom is 0.253 e. The number of primary amides is 1. The van der Waals surface area contributed by atoms with Crippen LogP contribution in [0.5, 0.6) is 0 Å². The van der Waals surface area contributed by atoms with Gasteiger partial charge in [0.2, 0.25) is 5.91 Å². The summed E-state index contributed by atoms with van der Waals surface area (Å²) >= 11 is 0. The summed E-state index contributed by atoms with van der Waals surface area (Å²) in [6.07, 6.45) is 8.33. The van der Waals surface area contributed by atoms with Gasteiger partial charge in [-0.25, -0.2) is 9.13 Å². The molecule has 5 rings (SSSR count). The number of hydrogen-bond acceptors (Lipinski definition) is 1. The zero-order chi connectivity index (χ0) is 24.3. The number of carbonyl (C=O) groups excluding carboxylic acids is 1. The van der Waals surface area contributed by atoms with Crippen molar-refractivity contribution in [3.05, 3.63) is 126 Å². The molecule has 1 aliphatic carbocycles. The number of rotatable bonds is 8. The average Bonchev–Trinajstić information content (AvgIpc) is 3.52. The molecule has 2 N–H and O–H groups in total. The lowest BCUT2D eigenvalue weighted by Crippen LogP contribution is -2.47. The van der Waals surface area contributed by atoms with E-state index in [0.717, 1.165) is 43.4 Å². The van der Waals surface area contributed by atoms with Crippen LogP contribution in [0.1, 0.15) is 47.8 Å². The summed E-state index contributed by atoms with van der Waals surface area (Å²) in [5.74, 6) is 1.13. The monoisotopic (exact) mass is 464 g/mol. The van der Waals surface area contributed by atoms with Gasteiger partial charge < -0.3 is 5.73 Å². The molecule has 35 heavy (non-hydrogen) atoms. The Kier molecular flexibility index (Phi) is 6.54. The van der Waals surface area contributed by atoms with Crippen LogP contribution in [0.15, 0.2) is 103 Å². The zero-order valence-electron chi connectivity index (χ0n) is 20.4. The van der Waals surface area contributed by atoms with Crippen LogP contribution < -0.4 is 10.3 Å². The molecule has 2 atom stereocenters. The smallest absolute Gasteiger partial charge is 0.253 e. The molecule has 178 valence electrons. The van der Waals surface area contributed by atoms with Crippen molar-refractivity contribution in [2.24, 2.45) is 11.7 Å². The first-order chi connectivity index (χ1) is 17.1. The van der Waals surface area contributed by atoms with Crippen LogP contribution >= 0.6 is 0 Å². The minimum absolute atomic E-state index is 0.134. The maximum atomic E-state index is 13.4. The normalized spacial score (nSPS) is 18.0. The van der Waals surface area contributed by atoms with Crippen molar-refractivity contribution in [1.82, 2.24) is 4.57 Å². The van der Waals surface area contributed by atoms with Gasteiger partial charge in [0.1, 0.15) is 23.9 Å². The predicted molar refractivity (Wildman–Crippen MR) is 139 cm³/mol. The summed E-state index contributed by atoms with van der Waals surface area (Å²) in [4.78, 5) is 13.4. The number of aromatic nitrogens is 2. The molecule has 0 aliphatic heterocycles. The third kappa shape index (κ3) is 4.29. The lowest BCUT2D eigenvalue weighted by atomic mass is 9.64. The summed E-state index contributed by atoms with van der Waals surface area (Å²) in [5.41, 5.74) is 8.78. The van der Waals surface area contributed by atoms with Crippen molar-refractivity contribution >= 4 is 5.91 Å². The van der Waals surface area contributed by atoms with Crippen LogP contribution in [0.2, 0.25) is 0 Å². The van der Waals surface area contributed by atoms with E-state index in [0.29, 0.717) is 6.04 Å². The fourth-order valence-electron chi connectivity index (χ4n) is 6.16. The second-order valence-electron chi connectivity index (χ2n) is 9.75. The molecule has 1 saturated carbocycles. The van der Waals surface area contributed by atoms with Crippen molar-refractivity contribution in [3.63, 3.8) is 0 Å². The van der Waals surface area contributed by atoms with Gasteiger partial charge in [0, 0.05) is 13.3 Å². The molecule has 3 aromatic carbocycles. The standard InChI is InChI=1S/C31H33N3O/c1-24-33(20-19-25-11-5-2-6-12-25)21-22-34(24)29-18-17-28(23-29)31(30(32)35,26-13-7-3-8-14-26)27-15-9-4-10-16-27/h2-16,21-22,28-29H,17-20,23H2,1H3,(H-,32,35)/p+1/t28-,29+/m0/s1.